The highest BCUT2D eigenvalue weighted by atomic mass is 32.1. The second-order valence-corrected chi connectivity index (χ2v) is 6.20. The van der Waals surface area contributed by atoms with Crippen molar-refractivity contribution >= 4 is 17.3 Å². The van der Waals surface area contributed by atoms with Gasteiger partial charge in [0.1, 0.15) is 0 Å². The van der Waals surface area contributed by atoms with Crippen molar-refractivity contribution in [3.05, 3.63) is 94.2 Å². The molecular formula is C20H18O2S. The molecule has 0 bridgehead atoms. The Morgan fingerprint density at radius 1 is 0.870 bits per heavy atom. The summed E-state index contributed by atoms with van der Waals surface area (Å²) in [6.07, 6.45) is -0.383. The largest absolute Gasteiger partial charge is 0.452 e. The summed E-state index contributed by atoms with van der Waals surface area (Å²) in [5.74, 6) is -0.475. The molecule has 0 aliphatic heterocycles. The lowest BCUT2D eigenvalue weighted by Gasteiger charge is -2.21. The molecule has 0 aliphatic rings. The van der Waals surface area contributed by atoms with E-state index in [-0.39, 0.29) is 18.0 Å². The Kier molecular flexibility index (Phi) is 4.89. The summed E-state index contributed by atoms with van der Waals surface area (Å²) < 4.78 is 5.87. The van der Waals surface area contributed by atoms with Crippen LogP contribution in [0.1, 0.15) is 35.6 Å². The quantitative estimate of drug-likeness (QED) is 0.605. The number of ether oxygens (including phenoxy) is 1. The summed E-state index contributed by atoms with van der Waals surface area (Å²) in [6, 6.07) is 21.7. The Balaban J connectivity index is 1.86. The number of hydrogen-bond acceptors (Lipinski definition) is 3. The highest BCUT2D eigenvalue weighted by molar-refractivity contribution is 7.08. The molecule has 3 heteroatoms. The maximum atomic E-state index is 12.6. The first-order valence-electron chi connectivity index (χ1n) is 7.58. The van der Waals surface area contributed by atoms with Crippen LogP contribution in [0.5, 0.6) is 0 Å². The number of benzene rings is 2. The van der Waals surface area contributed by atoms with E-state index >= 15 is 0 Å². The van der Waals surface area contributed by atoms with Crippen molar-refractivity contribution in [2.24, 2.45) is 0 Å². The first-order valence-corrected chi connectivity index (χ1v) is 8.52. The summed E-state index contributed by atoms with van der Waals surface area (Å²) in [6.45, 7) is 1.89. The zero-order valence-electron chi connectivity index (χ0n) is 12.9. The minimum Gasteiger partial charge on any atom is -0.452 e. The van der Waals surface area contributed by atoms with E-state index in [1.165, 1.54) is 0 Å². The third kappa shape index (κ3) is 3.69. The molecule has 0 saturated heterocycles. The van der Waals surface area contributed by atoms with Crippen LogP contribution in [-0.2, 0) is 9.53 Å². The molecule has 0 fully saturated rings. The number of carbonyl (C=O) groups is 1. The van der Waals surface area contributed by atoms with E-state index in [4.69, 9.17) is 4.74 Å². The van der Waals surface area contributed by atoms with Gasteiger partial charge in [-0.1, -0.05) is 60.7 Å². The van der Waals surface area contributed by atoms with E-state index in [0.717, 1.165) is 16.7 Å². The molecule has 0 aliphatic carbocycles. The van der Waals surface area contributed by atoms with E-state index in [1.54, 1.807) is 11.3 Å². The highest BCUT2D eigenvalue weighted by Gasteiger charge is 2.23. The van der Waals surface area contributed by atoms with E-state index in [2.05, 4.69) is 0 Å². The number of carbonyl (C=O) groups excluding carboxylic acids is 1. The molecule has 116 valence electrons. The minimum atomic E-state index is -0.383. The molecule has 1 atom stereocenters. The van der Waals surface area contributed by atoms with E-state index in [1.807, 2.05) is 84.4 Å². The van der Waals surface area contributed by atoms with E-state index in [0.29, 0.717) is 0 Å². The van der Waals surface area contributed by atoms with Crippen LogP contribution in [0.4, 0.5) is 0 Å². The van der Waals surface area contributed by atoms with Crippen LogP contribution >= 0.6 is 11.3 Å². The van der Waals surface area contributed by atoms with Crippen LogP contribution in [0, 0.1) is 0 Å². The van der Waals surface area contributed by atoms with Crippen LogP contribution in [-0.4, -0.2) is 5.97 Å². The standard InChI is InChI=1S/C20H18O2S/c1-15(18-12-13-23-14-18)20(21)22-19(16-8-4-2-5-9-16)17-10-6-3-7-11-17/h2-15,19H,1H3/t15-/m1/s1. The average Bonchev–Trinajstić information content (AvgIpc) is 3.15. The molecule has 0 saturated carbocycles. The molecule has 0 N–H and O–H groups in total. The molecule has 0 amide bonds. The summed E-state index contributed by atoms with van der Waals surface area (Å²) >= 11 is 1.59. The molecule has 0 unspecified atom stereocenters. The van der Waals surface area contributed by atoms with Crippen LogP contribution in [0.15, 0.2) is 77.5 Å². The van der Waals surface area contributed by atoms with Gasteiger partial charge >= 0.3 is 5.97 Å². The Bertz CT molecular complexity index is 696. The average molecular weight is 322 g/mol. The van der Waals surface area contributed by atoms with Crippen LogP contribution in [0.25, 0.3) is 0 Å². The summed E-state index contributed by atoms with van der Waals surface area (Å²) in [5, 5.41) is 3.97. The number of thiophene rings is 1. The SMILES string of the molecule is C[C@@H](C(=O)OC(c1ccccc1)c1ccccc1)c1ccsc1. The van der Waals surface area contributed by atoms with Crippen molar-refractivity contribution in [1.29, 1.82) is 0 Å². The second-order valence-electron chi connectivity index (χ2n) is 5.42. The maximum absolute atomic E-state index is 12.6. The third-order valence-electron chi connectivity index (χ3n) is 3.84. The fourth-order valence-electron chi connectivity index (χ4n) is 2.46. The third-order valence-corrected chi connectivity index (χ3v) is 4.54. The minimum absolute atomic E-state index is 0.207. The fraction of sp³-hybridized carbons (Fsp3) is 0.150. The molecule has 0 spiro atoms. The fourth-order valence-corrected chi connectivity index (χ4v) is 3.21. The van der Waals surface area contributed by atoms with Crippen molar-refractivity contribution < 1.29 is 9.53 Å². The Hall–Kier alpha value is -2.39. The van der Waals surface area contributed by atoms with Crippen molar-refractivity contribution in [3.8, 4) is 0 Å². The Labute approximate surface area is 140 Å². The van der Waals surface area contributed by atoms with Gasteiger partial charge in [-0.3, -0.25) is 4.79 Å². The van der Waals surface area contributed by atoms with Gasteiger partial charge in [0.05, 0.1) is 5.92 Å². The lowest BCUT2D eigenvalue weighted by Crippen LogP contribution is -2.17. The van der Waals surface area contributed by atoms with Crippen molar-refractivity contribution in [2.45, 2.75) is 18.9 Å². The lowest BCUT2D eigenvalue weighted by atomic mass is 10.0. The van der Waals surface area contributed by atoms with Gasteiger partial charge in [0.2, 0.25) is 0 Å². The molecule has 23 heavy (non-hydrogen) atoms. The van der Waals surface area contributed by atoms with Gasteiger partial charge in [-0.25, -0.2) is 0 Å². The van der Waals surface area contributed by atoms with E-state index in [9.17, 15) is 4.79 Å². The normalized spacial score (nSPS) is 12.1. The van der Waals surface area contributed by atoms with Gasteiger partial charge in [0.25, 0.3) is 0 Å². The number of hydrogen-bond donors (Lipinski definition) is 0. The van der Waals surface area contributed by atoms with Crippen LogP contribution in [0.3, 0.4) is 0 Å². The molecule has 3 aromatic rings. The first kappa shape index (κ1) is 15.5. The highest BCUT2D eigenvalue weighted by Crippen LogP contribution is 2.29. The molecule has 0 radical (unpaired) electrons. The topological polar surface area (TPSA) is 26.3 Å². The predicted molar refractivity (Wildman–Crippen MR) is 93.6 cm³/mol. The zero-order chi connectivity index (χ0) is 16.1. The maximum Gasteiger partial charge on any atom is 0.314 e. The van der Waals surface area contributed by atoms with Crippen molar-refractivity contribution in [1.82, 2.24) is 0 Å². The monoisotopic (exact) mass is 322 g/mol. The van der Waals surface area contributed by atoms with Crippen molar-refractivity contribution in [3.63, 3.8) is 0 Å². The Morgan fingerprint density at radius 3 is 1.91 bits per heavy atom. The molecule has 1 aromatic heterocycles. The molecule has 1 heterocycles. The van der Waals surface area contributed by atoms with Gasteiger partial charge in [0.15, 0.2) is 6.10 Å². The summed E-state index contributed by atoms with van der Waals surface area (Å²) in [7, 11) is 0. The van der Waals surface area contributed by atoms with Gasteiger partial charge in [-0.15, -0.1) is 0 Å². The van der Waals surface area contributed by atoms with E-state index < -0.39 is 0 Å². The number of rotatable bonds is 5. The molecule has 3 rings (SSSR count). The lowest BCUT2D eigenvalue weighted by molar-refractivity contribution is -0.149. The summed E-state index contributed by atoms with van der Waals surface area (Å²) in [4.78, 5) is 12.6. The van der Waals surface area contributed by atoms with Crippen LogP contribution < -0.4 is 0 Å². The molecule has 2 aromatic carbocycles. The van der Waals surface area contributed by atoms with Gasteiger partial charge in [0, 0.05) is 0 Å². The smallest absolute Gasteiger partial charge is 0.314 e. The first-order chi connectivity index (χ1) is 11.3. The van der Waals surface area contributed by atoms with Crippen molar-refractivity contribution in [2.75, 3.05) is 0 Å². The summed E-state index contributed by atoms with van der Waals surface area (Å²) in [5.41, 5.74) is 2.95. The molecule has 2 nitrogen and oxygen atoms in total. The predicted octanol–water partition coefficient (Wildman–Crippen LogP) is 5.18. The van der Waals surface area contributed by atoms with Gasteiger partial charge in [-0.2, -0.15) is 11.3 Å². The van der Waals surface area contributed by atoms with Gasteiger partial charge < -0.3 is 4.74 Å². The second kappa shape index (κ2) is 7.25. The molecular weight excluding hydrogens is 304 g/mol. The zero-order valence-corrected chi connectivity index (χ0v) is 13.7. The van der Waals surface area contributed by atoms with Gasteiger partial charge in [-0.05, 0) is 40.4 Å². The number of esters is 1. The Morgan fingerprint density at radius 2 is 1.43 bits per heavy atom. The van der Waals surface area contributed by atoms with Crippen LogP contribution in [0.2, 0.25) is 0 Å².